The molecule has 1 N–H and O–H groups in total. The summed E-state index contributed by atoms with van der Waals surface area (Å²) in [5, 5.41) is 2.79. The molecule has 0 atom stereocenters. The second kappa shape index (κ2) is 6.61. The van der Waals surface area contributed by atoms with E-state index in [2.05, 4.69) is 5.32 Å². The Morgan fingerprint density at radius 2 is 1.72 bits per heavy atom. The number of rotatable bonds is 4. The monoisotopic (exact) mass is 356 g/mol. The first-order valence-electron chi connectivity index (χ1n) is 7.70. The number of para-hydroxylation sites is 2. The summed E-state index contributed by atoms with van der Waals surface area (Å²) in [6.45, 7) is 3.79. The number of ether oxygens (including phenoxy) is 1. The van der Waals surface area contributed by atoms with Gasteiger partial charge in [-0.2, -0.15) is 0 Å². The van der Waals surface area contributed by atoms with E-state index in [9.17, 15) is 9.59 Å². The molecule has 25 heavy (non-hydrogen) atoms. The fraction of sp³-hybridized carbons (Fsp3) is 0.158. The van der Waals surface area contributed by atoms with E-state index in [1.165, 1.54) is 7.11 Å². The molecule has 128 valence electrons. The molecule has 0 fully saturated rings. The van der Waals surface area contributed by atoms with Crippen LogP contribution in [0.3, 0.4) is 0 Å². The fourth-order valence-electron chi connectivity index (χ4n) is 2.69. The van der Waals surface area contributed by atoms with Crippen LogP contribution in [0.2, 0.25) is 0 Å². The standard InChI is InChI=1S/C19H17ClN2O3/c1-11-7-6-9-14(12(11)2)22-18(23)16(20)17(19(22)24)21-13-8-4-5-10-15(13)25-3/h4-10,21H,1-3H3. The van der Waals surface area contributed by atoms with Crippen LogP contribution < -0.4 is 15.0 Å². The van der Waals surface area contributed by atoms with Gasteiger partial charge in [-0.15, -0.1) is 0 Å². The van der Waals surface area contributed by atoms with E-state index in [-0.39, 0.29) is 10.7 Å². The van der Waals surface area contributed by atoms with Gasteiger partial charge in [0.05, 0.1) is 18.5 Å². The number of amides is 2. The molecule has 3 rings (SSSR count). The lowest BCUT2D eigenvalue weighted by Crippen LogP contribution is -2.33. The number of methoxy groups -OCH3 is 1. The number of anilines is 2. The molecule has 0 radical (unpaired) electrons. The molecule has 0 saturated carbocycles. The minimum atomic E-state index is -0.544. The molecule has 2 aromatic rings. The summed E-state index contributed by atoms with van der Waals surface area (Å²) in [6.07, 6.45) is 0. The summed E-state index contributed by atoms with van der Waals surface area (Å²) in [5.74, 6) is -0.489. The number of halogens is 1. The number of benzene rings is 2. The van der Waals surface area contributed by atoms with Crippen LogP contribution in [0.25, 0.3) is 0 Å². The van der Waals surface area contributed by atoms with Crippen molar-refractivity contribution < 1.29 is 14.3 Å². The average molecular weight is 357 g/mol. The van der Waals surface area contributed by atoms with Crippen molar-refractivity contribution in [3.05, 3.63) is 64.3 Å². The quantitative estimate of drug-likeness (QED) is 0.848. The maximum atomic E-state index is 12.9. The van der Waals surface area contributed by atoms with Gasteiger partial charge in [-0.3, -0.25) is 9.59 Å². The third-order valence-corrected chi connectivity index (χ3v) is 4.56. The zero-order chi connectivity index (χ0) is 18.1. The van der Waals surface area contributed by atoms with Crippen LogP contribution in [-0.2, 0) is 9.59 Å². The van der Waals surface area contributed by atoms with Crippen LogP contribution in [-0.4, -0.2) is 18.9 Å². The zero-order valence-corrected chi connectivity index (χ0v) is 14.8. The molecule has 1 heterocycles. The normalized spacial score (nSPS) is 14.3. The van der Waals surface area contributed by atoms with Gasteiger partial charge in [0.15, 0.2) is 0 Å². The summed E-state index contributed by atoms with van der Waals surface area (Å²) in [4.78, 5) is 26.5. The van der Waals surface area contributed by atoms with Crippen molar-refractivity contribution in [3.8, 4) is 5.75 Å². The molecule has 1 aliphatic heterocycles. The Labute approximate surface area is 150 Å². The predicted octanol–water partition coefficient (Wildman–Crippen LogP) is 3.75. The van der Waals surface area contributed by atoms with E-state index in [0.29, 0.717) is 17.1 Å². The summed E-state index contributed by atoms with van der Waals surface area (Å²) in [7, 11) is 1.53. The Kier molecular flexibility index (Phi) is 4.51. The summed E-state index contributed by atoms with van der Waals surface area (Å²) < 4.78 is 5.26. The Morgan fingerprint density at radius 3 is 2.44 bits per heavy atom. The number of hydrogen-bond donors (Lipinski definition) is 1. The second-order valence-electron chi connectivity index (χ2n) is 5.68. The lowest BCUT2D eigenvalue weighted by atomic mass is 10.1. The van der Waals surface area contributed by atoms with Crippen molar-refractivity contribution in [2.75, 3.05) is 17.3 Å². The van der Waals surface area contributed by atoms with Gasteiger partial charge in [0.25, 0.3) is 11.8 Å². The van der Waals surface area contributed by atoms with Crippen molar-refractivity contribution in [3.63, 3.8) is 0 Å². The minimum absolute atomic E-state index is 0.0390. The molecule has 1 aliphatic rings. The van der Waals surface area contributed by atoms with Crippen molar-refractivity contribution >= 4 is 34.8 Å². The van der Waals surface area contributed by atoms with E-state index < -0.39 is 11.8 Å². The predicted molar refractivity (Wildman–Crippen MR) is 97.9 cm³/mol. The van der Waals surface area contributed by atoms with E-state index >= 15 is 0 Å². The van der Waals surface area contributed by atoms with Gasteiger partial charge in [-0.05, 0) is 43.2 Å². The SMILES string of the molecule is COc1ccccc1NC1=C(Cl)C(=O)N(c2cccc(C)c2C)C1=O. The molecule has 0 bridgehead atoms. The third-order valence-electron chi connectivity index (χ3n) is 4.21. The molecular weight excluding hydrogens is 340 g/mol. The Morgan fingerprint density at radius 1 is 1.00 bits per heavy atom. The van der Waals surface area contributed by atoms with Crippen molar-refractivity contribution in [1.29, 1.82) is 0 Å². The number of hydrogen-bond acceptors (Lipinski definition) is 4. The highest BCUT2D eigenvalue weighted by atomic mass is 35.5. The topological polar surface area (TPSA) is 58.6 Å². The van der Waals surface area contributed by atoms with Gasteiger partial charge in [0, 0.05) is 0 Å². The average Bonchev–Trinajstić information content (AvgIpc) is 2.82. The van der Waals surface area contributed by atoms with Gasteiger partial charge < -0.3 is 10.1 Å². The maximum Gasteiger partial charge on any atom is 0.283 e. The van der Waals surface area contributed by atoms with Gasteiger partial charge in [0.2, 0.25) is 0 Å². The van der Waals surface area contributed by atoms with Gasteiger partial charge in [0.1, 0.15) is 16.5 Å². The molecule has 0 saturated heterocycles. The maximum absolute atomic E-state index is 12.9. The molecule has 5 nitrogen and oxygen atoms in total. The Bertz CT molecular complexity index is 905. The lowest BCUT2D eigenvalue weighted by Gasteiger charge is -2.19. The smallest absolute Gasteiger partial charge is 0.283 e. The highest BCUT2D eigenvalue weighted by molar-refractivity contribution is 6.53. The van der Waals surface area contributed by atoms with Crippen LogP contribution >= 0.6 is 11.6 Å². The highest BCUT2D eigenvalue weighted by Crippen LogP contribution is 2.34. The molecule has 0 aromatic heterocycles. The molecule has 0 unspecified atom stereocenters. The number of nitrogens with one attached hydrogen (secondary N) is 1. The molecule has 2 amide bonds. The summed E-state index contributed by atoms with van der Waals surface area (Å²) >= 11 is 6.17. The van der Waals surface area contributed by atoms with Crippen molar-refractivity contribution in [2.24, 2.45) is 0 Å². The van der Waals surface area contributed by atoms with E-state index in [0.717, 1.165) is 16.0 Å². The first kappa shape index (κ1) is 17.0. The van der Waals surface area contributed by atoms with Crippen LogP contribution in [0.15, 0.2) is 53.2 Å². The van der Waals surface area contributed by atoms with Gasteiger partial charge in [-0.25, -0.2) is 4.90 Å². The molecule has 2 aromatic carbocycles. The first-order chi connectivity index (χ1) is 12.0. The Hall–Kier alpha value is -2.79. The number of carbonyl (C=O) groups excluding carboxylic acids is 2. The molecule has 0 aliphatic carbocycles. The second-order valence-corrected chi connectivity index (χ2v) is 6.06. The largest absolute Gasteiger partial charge is 0.495 e. The van der Waals surface area contributed by atoms with Crippen molar-refractivity contribution in [2.45, 2.75) is 13.8 Å². The first-order valence-corrected chi connectivity index (χ1v) is 8.08. The van der Waals surface area contributed by atoms with Crippen LogP contribution in [0, 0.1) is 13.8 Å². The van der Waals surface area contributed by atoms with E-state index in [1.54, 1.807) is 30.3 Å². The van der Waals surface area contributed by atoms with Crippen LogP contribution in [0.4, 0.5) is 11.4 Å². The minimum Gasteiger partial charge on any atom is -0.495 e. The van der Waals surface area contributed by atoms with E-state index in [1.807, 2.05) is 26.0 Å². The fourth-order valence-corrected chi connectivity index (χ4v) is 2.90. The molecule has 0 spiro atoms. The number of aryl methyl sites for hydroxylation is 1. The third kappa shape index (κ3) is 2.87. The van der Waals surface area contributed by atoms with Gasteiger partial charge in [-0.1, -0.05) is 35.9 Å². The summed E-state index contributed by atoms with van der Waals surface area (Å²) in [5.41, 5.74) is 2.97. The highest BCUT2D eigenvalue weighted by Gasteiger charge is 2.39. The lowest BCUT2D eigenvalue weighted by molar-refractivity contribution is -0.120. The number of carbonyl (C=O) groups is 2. The molecular formula is C19H17ClN2O3. The molecule has 6 heteroatoms. The number of nitrogens with zero attached hydrogens (tertiary/aromatic N) is 1. The Balaban J connectivity index is 1.99. The van der Waals surface area contributed by atoms with Crippen LogP contribution in [0.5, 0.6) is 5.75 Å². The number of imide groups is 1. The summed E-state index contributed by atoms with van der Waals surface area (Å²) in [6, 6.07) is 12.6. The van der Waals surface area contributed by atoms with Crippen LogP contribution in [0.1, 0.15) is 11.1 Å². The van der Waals surface area contributed by atoms with Gasteiger partial charge >= 0.3 is 0 Å². The zero-order valence-electron chi connectivity index (χ0n) is 14.1. The van der Waals surface area contributed by atoms with Crippen molar-refractivity contribution in [1.82, 2.24) is 0 Å². The van der Waals surface area contributed by atoms with E-state index in [4.69, 9.17) is 16.3 Å².